The van der Waals surface area contributed by atoms with E-state index in [1.165, 1.54) is 6.07 Å². The van der Waals surface area contributed by atoms with Gasteiger partial charge in [-0.1, -0.05) is 0 Å². The first-order chi connectivity index (χ1) is 12.2. The van der Waals surface area contributed by atoms with Crippen molar-refractivity contribution in [2.45, 2.75) is 46.1 Å². The van der Waals surface area contributed by atoms with Crippen molar-refractivity contribution in [2.24, 2.45) is 0 Å². The zero-order chi connectivity index (χ0) is 19.6. The summed E-state index contributed by atoms with van der Waals surface area (Å²) in [5.74, 6) is -0.0467. The maximum absolute atomic E-state index is 11.7. The molecule has 0 unspecified atom stereocenters. The lowest BCUT2D eigenvalue weighted by atomic mass is 10.2. The Kier molecular flexibility index (Phi) is 8.61. The molecule has 0 aliphatic rings. The molecule has 0 aromatic heterocycles. The monoisotopic (exact) mass is 366 g/mol. The van der Waals surface area contributed by atoms with Crippen molar-refractivity contribution in [2.75, 3.05) is 19.8 Å². The summed E-state index contributed by atoms with van der Waals surface area (Å²) in [5, 5.41) is 0. The molecule has 7 nitrogen and oxygen atoms in total. The minimum atomic E-state index is -0.602. The smallest absolute Gasteiger partial charge is 0.344 e. The van der Waals surface area contributed by atoms with Gasteiger partial charge in [0.2, 0.25) is 0 Å². The summed E-state index contributed by atoms with van der Waals surface area (Å²) in [6, 6.07) is 4.69. The zero-order valence-corrected chi connectivity index (χ0v) is 15.7. The quantitative estimate of drug-likeness (QED) is 0.357. The molecule has 0 heterocycles. The molecule has 26 heavy (non-hydrogen) atoms. The van der Waals surface area contributed by atoms with Crippen molar-refractivity contribution < 1.29 is 33.3 Å². The average Bonchev–Trinajstić information content (AvgIpc) is 2.56. The fourth-order valence-electron chi connectivity index (χ4n) is 1.99. The Hall–Kier alpha value is -2.57. The van der Waals surface area contributed by atoms with Gasteiger partial charge in [0.05, 0.1) is 18.8 Å². The SMILES string of the molecule is CCOC(=O)CCCOc1ccc(OCC(=O)OC(C)(C)C)c(C=O)c1. The van der Waals surface area contributed by atoms with Crippen LogP contribution >= 0.6 is 0 Å². The summed E-state index contributed by atoms with van der Waals surface area (Å²) in [7, 11) is 0. The lowest BCUT2D eigenvalue weighted by Gasteiger charge is -2.19. The van der Waals surface area contributed by atoms with Gasteiger partial charge in [0.25, 0.3) is 0 Å². The van der Waals surface area contributed by atoms with Gasteiger partial charge in [-0.2, -0.15) is 0 Å². The standard InChI is InChI=1S/C19H26O7/c1-5-23-17(21)7-6-10-24-15-8-9-16(14(11-15)12-20)25-13-18(22)26-19(2,3)4/h8-9,11-12H,5-7,10,13H2,1-4H3. The average molecular weight is 366 g/mol. The Bertz CT molecular complexity index is 617. The fraction of sp³-hybridized carbons (Fsp3) is 0.526. The Morgan fingerprint density at radius 2 is 1.85 bits per heavy atom. The number of aldehydes is 1. The first-order valence-electron chi connectivity index (χ1n) is 8.47. The second-order valence-corrected chi connectivity index (χ2v) is 6.45. The molecule has 1 aromatic rings. The highest BCUT2D eigenvalue weighted by Gasteiger charge is 2.17. The minimum Gasteiger partial charge on any atom is -0.494 e. The Balaban J connectivity index is 2.52. The van der Waals surface area contributed by atoms with Crippen LogP contribution in [0.15, 0.2) is 18.2 Å². The predicted molar refractivity (Wildman–Crippen MR) is 94.5 cm³/mol. The highest BCUT2D eigenvalue weighted by Crippen LogP contribution is 2.23. The van der Waals surface area contributed by atoms with Crippen molar-refractivity contribution in [3.05, 3.63) is 23.8 Å². The van der Waals surface area contributed by atoms with Gasteiger partial charge in [0.15, 0.2) is 12.9 Å². The van der Waals surface area contributed by atoms with Crippen molar-refractivity contribution in [3.8, 4) is 11.5 Å². The topological polar surface area (TPSA) is 88.1 Å². The third-order valence-electron chi connectivity index (χ3n) is 2.97. The zero-order valence-electron chi connectivity index (χ0n) is 15.7. The number of hydrogen-bond acceptors (Lipinski definition) is 7. The summed E-state index contributed by atoms with van der Waals surface area (Å²) in [6.07, 6.45) is 1.40. The van der Waals surface area contributed by atoms with Crippen LogP contribution in [0.1, 0.15) is 50.9 Å². The molecule has 144 valence electrons. The summed E-state index contributed by atoms with van der Waals surface area (Å²) in [4.78, 5) is 34.1. The molecular weight excluding hydrogens is 340 g/mol. The molecule has 0 radical (unpaired) electrons. The Morgan fingerprint density at radius 3 is 2.46 bits per heavy atom. The molecule has 0 aliphatic heterocycles. The molecule has 0 atom stereocenters. The number of carbonyl (C=O) groups excluding carboxylic acids is 3. The molecule has 0 fully saturated rings. The number of ether oxygens (including phenoxy) is 4. The van der Waals surface area contributed by atoms with Crippen LogP contribution in [0.5, 0.6) is 11.5 Å². The van der Waals surface area contributed by atoms with E-state index < -0.39 is 11.6 Å². The van der Waals surface area contributed by atoms with Crippen molar-refractivity contribution in [1.29, 1.82) is 0 Å². The third kappa shape index (κ3) is 8.50. The van der Waals surface area contributed by atoms with Gasteiger partial charge in [-0.3, -0.25) is 9.59 Å². The van der Waals surface area contributed by atoms with E-state index in [4.69, 9.17) is 18.9 Å². The highest BCUT2D eigenvalue weighted by molar-refractivity contribution is 5.80. The van der Waals surface area contributed by atoms with E-state index in [-0.39, 0.29) is 30.3 Å². The number of rotatable bonds is 10. The minimum absolute atomic E-state index is 0.261. The van der Waals surface area contributed by atoms with E-state index in [1.807, 2.05) is 0 Å². The summed E-state index contributed by atoms with van der Waals surface area (Å²) >= 11 is 0. The van der Waals surface area contributed by atoms with E-state index in [2.05, 4.69) is 0 Å². The number of carbonyl (C=O) groups is 3. The number of esters is 2. The van der Waals surface area contributed by atoms with Crippen molar-refractivity contribution in [1.82, 2.24) is 0 Å². The van der Waals surface area contributed by atoms with Crippen LogP contribution in [-0.4, -0.2) is 43.6 Å². The van der Waals surface area contributed by atoms with E-state index >= 15 is 0 Å². The molecule has 0 saturated heterocycles. The molecule has 0 N–H and O–H groups in total. The van der Waals surface area contributed by atoms with E-state index in [1.54, 1.807) is 39.8 Å². The number of hydrogen-bond donors (Lipinski definition) is 0. The molecule has 0 amide bonds. The summed E-state index contributed by atoms with van der Waals surface area (Å²) in [6.45, 7) is 7.41. The van der Waals surface area contributed by atoms with Gasteiger partial charge in [0.1, 0.15) is 17.1 Å². The van der Waals surface area contributed by atoms with Crippen molar-refractivity contribution >= 4 is 18.2 Å². The Labute approximate surface area is 153 Å². The van der Waals surface area contributed by atoms with Gasteiger partial charge in [-0.05, 0) is 52.3 Å². The maximum Gasteiger partial charge on any atom is 0.344 e. The highest BCUT2D eigenvalue weighted by atomic mass is 16.6. The number of benzene rings is 1. The molecule has 0 aliphatic carbocycles. The van der Waals surface area contributed by atoms with Gasteiger partial charge in [-0.25, -0.2) is 4.79 Å². The van der Waals surface area contributed by atoms with Crippen LogP contribution < -0.4 is 9.47 Å². The second-order valence-electron chi connectivity index (χ2n) is 6.45. The third-order valence-corrected chi connectivity index (χ3v) is 2.97. The molecule has 1 aromatic carbocycles. The summed E-state index contributed by atoms with van der Waals surface area (Å²) < 4.78 is 20.8. The summed E-state index contributed by atoms with van der Waals surface area (Å²) in [5.41, 5.74) is -0.341. The molecule has 0 spiro atoms. The van der Waals surface area contributed by atoms with Crippen LogP contribution in [0, 0.1) is 0 Å². The van der Waals surface area contributed by atoms with E-state index in [9.17, 15) is 14.4 Å². The van der Waals surface area contributed by atoms with Crippen LogP contribution in [0.3, 0.4) is 0 Å². The first kappa shape index (κ1) is 21.5. The van der Waals surface area contributed by atoms with E-state index in [0.717, 1.165) is 0 Å². The predicted octanol–water partition coefficient (Wildman–Crippen LogP) is 2.94. The van der Waals surface area contributed by atoms with Gasteiger partial charge in [0, 0.05) is 6.42 Å². The van der Waals surface area contributed by atoms with Crippen LogP contribution in [0.25, 0.3) is 0 Å². The van der Waals surface area contributed by atoms with Crippen molar-refractivity contribution in [3.63, 3.8) is 0 Å². The molecule has 1 rings (SSSR count). The van der Waals surface area contributed by atoms with E-state index in [0.29, 0.717) is 31.7 Å². The largest absolute Gasteiger partial charge is 0.494 e. The van der Waals surface area contributed by atoms with Crippen LogP contribution in [0.4, 0.5) is 0 Å². The normalized spacial score (nSPS) is 10.8. The molecular formula is C19H26O7. The lowest BCUT2D eigenvalue weighted by Crippen LogP contribution is -2.27. The molecule has 7 heteroatoms. The van der Waals surface area contributed by atoms with Crippen LogP contribution in [0.2, 0.25) is 0 Å². The van der Waals surface area contributed by atoms with Crippen LogP contribution in [-0.2, 0) is 19.1 Å². The maximum atomic E-state index is 11.7. The second kappa shape index (κ2) is 10.4. The van der Waals surface area contributed by atoms with Gasteiger partial charge >= 0.3 is 11.9 Å². The lowest BCUT2D eigenvalue weighted by molar-refractivity contribution is -0.157. The van der Waals surface area contributed by atoms with Gasteiger partial charge < -0.3 is 18.9 Å². The molecule has 0 saturated carbocycles. The Morgan fingerprint density at radius 1 is 1.12 bits per heavy atom. The molecule has 0 bridgehead atoms. The first-order valence-corrected chi connectivity index (χ1v) is 8.47. The van der Waals surface area contributed by atoms with Gasteiger partial charge in [-0.15, -0.1) is 0 Å². The fourth-order valence-corrected chi connectivity index (χ4v) is 1.99.